The van der Waals surface area contributed by atoms with Crippen LogP contribution < -0.4 is 11.1 Å². The van der Waals surface area contributed by atoms with Crippen LogP contribution in [0.25, 0.3) is 11.1 Å². The Balaban J connectivity index is 1.66. The number of aromatic nitrogens is 2. The van der Waals surface area contributed by atoms with E-state index in [1.165, 1.54) is 0 Å². The van der Waals surface area contributed by atoms with Gasteiger partial charge in [0.2, 0.25) is 5.91 Å². The average Bonchev–Trinajstić information content (AvgIpc) is 2.63. The fourth-order valence-electron chi connectivity index (χ4n) is 3.84. The molecular weight excluding hydrogens is 324 g/mol. The topological polar surface area (TPSA) is 80.9 Å². The molecule has 138 valence electrons. The van der Waals surface area contributed by atoms with Crippen LogP contribution in [0.1, 0.15) is 43.7 Å². The molecule has 2 heterocycles. The molecular formula is C21H28N4O. The van der Waals surface area contributed by atoms with E-state index in [-0.39, 0.29) is 11.8 Å². The van der Waals surface area contributed by atoms with Gasteiger partial charge < -0.3 is 11.1 Å². The second-order valence-electron chi connectivity index (χ2n) is 7.62. The van der Waals surface area contributed by atoms with Crippen LogP contribution in [-0.4, -0.2) is 21.9 Å². The highest BCUT2D eigenvalue weighted by Gasteiger charge is 2.28. The highest BCUT2D eigenvalue weighted by Crippen LogP contribution is 2.30. The van der Waals surface area contributed by atoms with E-state index < -0.39 is 6.04 Å². The monoisotopic (exact) mass is 352 g/mol. The van der Waals surface area contributed by atoms with Gasteiger partial charge in [0.05, 0.1) is 6.04 Å². The van der Waals surface area contributed by atoms with Gasteiger partial charge in [-0.1, -0.05) is 19.8 Å². The molecule has 1 aliphatic carbocycles. The SMILES string of the molecule is Cc1cncc(C)c1-c1ccc(NC(=O)[C@@H](N)C2CCC(C)CC2)nc1. The smallest absolute Gasteiger partial charge is 0.242 e. The standard InChI is InChI=1S/C21H28N4O/c1-13-4-6-16(7-5-13)20(22)21(26)25-18-9-8-17(12-24-18)19-14(2)10-23-11-15(19)3/h8-13,16,20H,4-7,22H2,1-3H3,(H,24,25,26)/t13?,16?,20-/m0/s1. The molecule has 1 amide bonds. The zero-order chi connectivity index (χ0) is 18.7. The molecule has 0 aliphatic heterocycles. The van der Waals surface area contributed by atoms with Crippen molar-refractivity contribution in [3.8, 4) is 11.1 Å². The molecule has 1 fully saturated rings. The molecule has 3 N–H and O–H groups in total. The second kappa shape index (κ2) is 7.96. The lowest BCUT2D eigenvalue weighted by Gasteiger charge is -2.29. The van der Waals surface area contributed by atoms with Crippen LogP contribution >= 0.6 is 0 Å². The molecule has 0 unspecified atom stereocenters. The summed E-state index contributed by atoms with van der Waals surface area (Å²) >= 11 is 0. The number of nitrogens with zero attached hydrogens (tertiary/aromatic N) is 2. The minimum absolute atomic E-state index is 0.138. The maximum atomic E-state index is 12.5. The van der Waals surface area contributed by atoms with Crippen molar-refractivity contribution < 1.29 is 4.79 Å². The van der Waals surface area contributed by atoms with E-state index in [9.17, 15) is 4.79 Å². The third-order valence-corrected chi connectivity index (χ3v) is 5.50. The molecule has 0 saturated heterocycles. The van der Waals surface area contributed by atoms with Gasteiger partial charge in [-0.05, 0) is 67.3 Å². The van der Waals surface area contributed by atoms with Gasteiger partial charge in [0.25, 0.3) is 0 Å². The molecule has 1 aliphatic rings. The van der Waals surface area contributed by atoms with Crippen LogP contribution in [-0.2, 0) is 4.79 Å². The number of amides is 1. The third-order valence-electron chi connectivity index (χ3n) is 5.50. The Morgan fingerprint density at radius 1 is 1.12 bits per heavy atom. The molecule has 0 spiro atoms. The summed E-state index contributed by atoms with van der Waals surface area (Å²) in [6, 6.07) is 3.35. The maximum absolute atomic E-state index is 12.5. The zero-order valence-electron chi connectivity index (χ0n) is 15.8. The van der Waals surface area contributed by atoms with Gasteiger partial charge in [-0.3, -0.25) is 9.78 Å². The van der Waals surface area contributed by atoms with Crippen LogP contribution in [0, 0.1) is 25.7 Å². The normalized spacial score (nSPS) is 21.2. The van der Waals surface area contributed by atoms with Gasteiger partial charge >= 0.3 is 0 Å². The Kier molecular flexibility index (Phi) is 5.67. The lowest BCUT2D eigenvalue weighted by Crippen LogP contribution is -2.43. The van der Waals surface area contributed by atoms with Crippen LogP contribution in [0.5, 0.6) is 0 Å². The largest absolute Gasteiger partial charge is 0.320 e. The average molecular weight is 352 g/mol. The van der Waals surface area contributed by atoms with Gasteiger partial charge in [-0.25, -0.2) is 4.98 Å². The Morgan fingerprint density at radius 2 is 1.77 bits per heavy atom. The fourth-order valence-corrected chi connectivity index (χ4v) is 3.84. The summed E-state index contributed by atoms with van der Waals surface area (Å²) in [6.07, 6.45) is 9.86. The number of carbonyl (C=O) groups is 1. The number of pyridine rings is 2. The molecule has 5 nitrogen and oxygen atoms in total. The quantitative estimate of drug-likeness (QED) is 0.876. The van der Waals surface area contributed by atoms with Gasteiger partial charge in [-0.2, -0.15) is 0 Å². The molecule has 2 aromatic rings. The summed E-state index contributed by atoms with van der Waals surface area (Å²) in [5.74, 6) is 1.42. The van der Waals surface area contributed by atoms with E-state index in [1.807, 2.05) is 38.4 Å². The molecule has 5 heteroatoms. The van der Waals surface area contributed by atoms with Crippen molar-refractivity contribution in [2.45, 2.75) is 52.5 Å². The van der Waals surface area contributed by atoms with Crippen molar-refractivity contribution in [1.82, 2.24) is 9.97 Å². The molecule has 0 aromatic carbocycles. The molecule has 26 heavy (non-hydrogen) atoms. The van der Waals surface area contributed by atoms with Crippen LogP contribution in [0.2, 0.25) is 0 Å². The first-order chi connectivity index (χ1) is 12.5. The van der Waals surface area contributed by atoms with Crippen molar-refractivity contribution in [3.05, 3.63) is 41.9 Å². The van der Waals surface area contributed by atoms with Gasteiger partial charge in [0, 0.05) is 24.2 Å². The fraction of sp³-hybridized carbons (Fsp3) is 0.476. The minimum atomic E-state index is -0.464. The van der Waals surface area contributed by atoms with Crippen LogP contribution in [0.15, 0.2) is 30.7 Å². The number of rotatable bonds is 4. The number of aryl methyl sites for hydroxylation is 2. The predicted molar refractivity (Wildman–Crippen MR) is 105 cm³/mol. The van der Waals surface area contributed by atoms with E-state index in [2.05, 4.69) is 22.2 Å². The second-order valence-corrected chi connectivity index (χ2v) is 7.62. The van der Waals surface area contributed by atoms with Gasteiger partial charge in [0.15, 0.2) is 0 Å². The molecule has 1 saturated carbocycles. The number of carbonyl (C=O) groups excluding carboxylic acids is 1. The third kappa shape index (κ3) is 4.10. The summed E-state index contributed by atoms with van der Waals surface area (Å²) in [6.45, 7) is 6.34. The number of hydrogen-bond acceptors (Lipinski definition) is 4. The zero-order valence-corrected chi connectivity index (χ0v) is 15.8. The molecule has 0 bridgehead atoms. The van der Waals surface area contributed by atoms with Crippen molar-refractivity contribution >= 4 is 11.7 Å². The Morgan fingerprint density at radius 3 is 2.35 bits per heavy atom. The molecule has 3 rings (SSSR count). The number of nitrogens with two attached hydrogens (primary N) is 1. The highest BCUT2D eigenvalue weighted by atomic mass is 16.2. The minimum Gasteiger partial charge on any atom is -0.320 e. The van der Waals surface area contributed by atoms with Crippen molar-refractivity contribution in [2.75, 3.05) is 5.32 Å². The Hall–Kier alpha value is -2.27. The van der Waals surface area contributed by atoms with Gasteiger partial charge in [-0.15, -0.1) is 0 Å². The Bertz CT molecular complexity index is 744. The van der Waals surface area contributed by atoms with Crippen molar-refractivity contribution in [3.63, 3.8) is 0 Å². The molecule has 2 aromatic heterocycles. The van der Waals surface area contributed by atoms with E-state index >= 15 is 0 Å². The summed E-state index contributed by atoms with van der Waals surface area (Å²) in [4.78, 5) is 21.1. The van der Waals surface area contributed by atoms with Crippen molar-refractivity contribution in [2.24, 2.45) is 17.6 Å². The predicted octanol–water partition coefficient (Wildman–Crippen LogP) is 3.85. The molecule has 1 atom stereocenters. The maximum Gasteiger partial charge on any atom is 0.242 e. The first-order valence-electron chi connectivity index (χ1n) is 9.39. The summed E-state index contributed by atoms with van der Waals surface area (Å²) < 4.78 is 0. The Labute approximate surface area is 155 Å². The highest BCUT2D eigenvalue weighted by molar-refractivity contribution is 5.94. The van der Waals surface area contributed by atoms with E-state index in [4.69, 9.17) is 5.73 Å². The van der Waals surface area contributed by atoms with Crippen molar-refractivity contribution in [1.29, 1.82) is 0 Å². The summed E-state index contributed by atoms with van der Waals surface area (Å²) in [7, 11) is 0. The lowest BCUT2D eigenvalue weighted by molar-refractivity contribution is -0.118. The van der Waals surface area contributed by atoms with E-state index in [0.717, 1.165) is 53.9 Å². The van der Waals surface area contributed by atoms with Gasteiger partial charge in [0.1, 0.15) is 5.82 Å². The summed E-state index contributed by atoms with van der Waals surface area (Å²) in [5, 5.41) is 2.87. The van der Waals surface area contributed by atoms with E-state index in [0.29, 0.717) is 5.82 Å². The first-order valence-corrected chi connectivity index (χ1v) is 9.39. The van der Waals surface area contributed by atoms with E-state index in [1.54, 1.807) is 6.20 Å². The number of anilines is 1. The van der Waals surface area contributed by atoms with Crippen LogP contribution in [0.4, 0.5) is 5.82 Å². The lowest BCUT2D eigenvalue weighted by atomic mass is 9.79. The summed E-state index contributed by atoms with van der Waals surface area (Å²) in [5.41, 5.74) is 10.6. The first kappa shape index (κ1) is 18.5. The van der Waals surface area contributed by atoms with Crippen LogP contribution in [0.3, 0.4) is 0 Å². The number of nitrogens with one attached hydrogen (secondary N) is 1. The number of hydrogen-bond donors (Lipinski definition) is 2. The molecule has 0 radical (unpaired) electrons.